The van der Waals surface area contributed by atoms with Gasteiger partial charge < -0.3 is 18.6 Å². The molecule has 0 aliphatic carbocycles. The molecule has 0 radical (unpaired) electrons. The second-order valence-corrected chi connectivity index (χ2v) is 5.97. The number of methoxy groups -OCH3 is 3. The molecule has 0 saturated carbocycles. The summed E-state index contributed by atoms with van der Waals surface area (Å²) in [4.78, 5) is 0. The lowest BCUT2D eigenvalue weighted by Gasteiger charge is -2.07. The summed E-state index contributed by atoms with van der Waals surface area (Å²) < 4.78 is 21.6. The molecular weight excluding hydrogens is 340 g/mol. The molecule has 130 valence electrons. The maximum Gasteiger partial charge on any atom is 0.277 e. The second-order valence-electron chi connectivity index (χ2n) is 5.04. The van der Waals surface area contributed by atoms with Crippen molar-refractivity contribution in [3.05, 3.63) is 48.0 Å². The molecule has 0 aliphatic heterocycles. The van der Waals surface area contributed by atoms with Gasteiger partial charge in [-0.05, 0) is 24.3 Å². The van der Waals surface area contributed by atoms with Crippen LogP contribution in [0.4, 0.5) is 0 Å². The first-order chi connectivity index (χ1) is 12.2. The number of hydrogen-bond donors (Lipinski definition) is 0. The summed E-state index contributed by atoms with van der Waals surface area (Å²) in [6, 6.07) is 13.3. The molecule has 25 heavy (non-hydrogen) atoms. The van der Waals surface area contributed by atoms with Gasteiger partial charge >= 0.3 is 0 Å². The zero-order valence-electron chi connectivity index (χ0n) is 14.2. The molecule has 1 aromatic heterocycles. The number of hydrogen-bond acceptors (Lipinski definition) is 7. The summed E-state index contributed by atoms with van der Waals surface area (Å²) in [6.45, 7) is 0. The Hall–Kier alpha value is -2.67. The van der Waals surface area contributed by atoms with Crippen LogP contribution >= 0.6 is 11.8 Å². The molecule has 7 heteroatoms. The summed E-state index contributed by atoms with van der Waals surface area (Å²) in [5, 5.41) is 8.70. The average molecular weight is 358 g/mol. The van der Waals surface area contributed by atoms with Crippen molar-refractivity contribution in [1.29, 1.82) is 0 Å². The quantitative estimate of drug-likeness (QED) is 0.590. The third-order valence-corrected chi connectivity index (χ3v) is 4.45. The van der Waals surface area contributed by atoms with Gasteiger partial charge in [0.25, 0.3) is 5.22 Å². The van der Waals surface area contributed by atoms with Crippen molar-refractivity contribution in [2.75, 3.05) is 21.3 Å². The molecule has 0 N–H and O–H groups in total. The summed E-state index contributed by atoms with van der Waals surface area (Å²) in [7, 11) is 4.84. The highest BCUT2D eigenvalue weighted by atomic mass is 32.2. The molecule has 0 amide bonds. The minimum atomic E-state index is 0.434. The Balaban J connectivity index is 1.74. The topological polar surface area (TPSA) is 66.6 Å². The van der Waals surface area contributed by atoms with Crippen LogP contribution in [0.25, 0.3) is 11.5 Å². The molecule has 0 fully saturated rings. The van der Waals surface area contributed by atoms with Gasteiger partial charge in [0.1, 0.15) is 5.75 Å². The predicted molar refractivity (Wildman–Crippen MR) is 95.4 cm³/mol. The lowest BCUT2D eigenvalue weighted by molar-refractivity contribution is 0.355. The summed E-state index contributed by atoms with van der Waals surface area (Å²) in [5.41, 5.74) is 1.84. The first-order valence-electron chi connectivity index (χ1n) is 7.55. The van der Waals surface area contributed by atoms with E-state index < -0.39 is 0 Å². The van der Waals surface area contributed by atoms with Crippen LogP contribution < -0.4 is 14.2 Å². The van der Waals surface area contributed by atoms with Gasteiger partial charge in [-0.3, -0.25) is 0 Å². The molecule has 3 aromatic rings. The molecule has 1 heterocycles. The van der Waals surface area contributed by atoms with Crippen LogP contribution in [0, 0.1) is 0 Å². The molecule has 6 nitrogen and oxygen atoms in total. The first-order valence-corrected chi connectivity index (χ1v) is 8.54. The van der Waals surface area contributed by atoms with Crippen molar-refractivity contribution >= 4 is 11.8 Å². The van der Waals surface area contributed by atoms with Crippen molar-refractivity contribution in [3.8, 4) is 28.7 Å². The summed E-state index contributed by atoms with van der Waals surface area (Å²) in [5.74, 6) is 3.22. The lowest BCUT2D eigenvalue weighted by atomic mass is 10.2. The Morgan fingerprint density at radius 3 is 2.40 bits per heavy atom. The van der Waals surface area contributed by atoms with Crippen LogP contribution in [-0.2, 0) is 5.75 Å². The van der Waals surface area contributed by atoms with Crippen LogP contribution in [0.15, 0.2) is 52.1 Å². The molecule has 0 saturated heterocycles. The van der Waals surface area contributed by atoms with Crippen molar-refractivity contribution < 1.29 is 18.6 Å². The molecule has 3 rings (SSSR count). The van der Waals surface area contributed by atoms with Gasteiger partial charge in [0.2, 0.25) is 5.89 Å². The van der Waals surface area contributed by atoms with E-state index in [1.165, 1.54) is 11.8 Å². The van der Waals surface area contributed by atoms with Crippen molar-refractivity contribution in [2.45, 2.75) is 11.0 Å². The van der Waals surface area contributed by atoms with Gasteiger partial charge in [-0.15, -0.1) is 10.2 Å². The van der Waals surface area contributed by atoms with Crippen molar-refractivity contribution in [2.24, 2.45) is 0 Å². The minimum Gasteiger partial charge on any atom is -0.496 e. The Kier molecular flexibility index (Phi) is 5.45. The summed E-state index contributed by atoms with van der Waals surface area (Å²) in [6.07, 6.45) is 0. The van der Waals surface area contributed by atoms with Crippen molar-refractivity contribution in [3.63, 3.8) is 0 Å². The fraction of sp³-hybridized carbons (Fsp3) is 0.222. The van der Waals surface area contributed by atoms with E-state index in [2.05, 4.69) is 10.2 Å². The highest BCUT2D eigenvalue weighted by molar-refractivity contribution is 7.98. The third-order valence-electron chi connectivity index (χ3n) is 3.58. The predicted octanol–water partition coefficient (Wildman–Crippen LogP) is 4.05. The van der Waals surface area contributed by atoms with Crippen LogP contribution in [0.1, 0.15) is 5.56 Å². The molecule has 0 aliphatic rings. The first kappa shape index (κ1) is 17.2. The van der Waals surface area contributed by atoms with Gasteiger partial charge in [0, 0.05) is 16.9 Å². The largest absolute Gasteiger partial charge is 0.496 e. The van der Waals surface area contributed by atoms with Crippen molar-refractivity contribution in [1.82, 2.24) is 10.2 Å². The fourth-order valence-corrected chi connectivity index (χ4v) is 3.07. The van der Waals surface area contributed by atoms with E-state index in [0.717, 1.165) is 16.9 Å². The van der Waals surface area contributed by atoms with Gasteiger partial charge in [-0.25, -0.2) is 0 Å². The fourth-order valence-electron chi connectivity index (χ4n) is 2.32. The van der Waals surface area contributed by atoms with Gasteiger partial charge in [-0.1, -0.05) is 30.0 Å². The zero-order valence-corrected chi connectivity index (χ0v) is 15.0. The molecule has 0 bridgehead atoms. The minimum absolute atomic E-state index is 0.434. The van der Waals surface area contributed by atoms with E-state index in [4.69, 9.17) is 18.6 Å². The Morgan fingerprint density at radius 1 is 0.880 bits per heavy atom. The number of benzene rings is 2. The van der Waals surface area contributed by atoms with Gasteiger partial charge in [0.05, 0.1) is 21.3 Å². The van der Waals surface area contributed by atoms with Gasteiger partial charge in [0.15, 0.2) is 11.5 Å². The Morgan fingerprint density at radius 2 is 1.64 bits per heavy atom. The number of rotatable bonds is 7. The smallest absolute Gasteiger partial charge is 0.277 e. The lowest BCUT2D eigenvalue weighted by Crippen LogP contribution is -1.90. The van der Waals surface area contributed by atoms with Crippen LogP contribution in [0.2, 0.25) is 0 Å². The maximum atomic E-state index is 5.74. The van der Waals surface area contributed by atoms with Crippen LogP contribution in [0.5, 0.6) is 17.2 Å². The number of aromatic nitrogens is 2. The van der Waals surface area contributed by atoms with E-state index in [1.54, 1.807) is 33.5 Å². The third kappa shape index (κ3) is 3.88. The monoisotopic (exact) mass is 358 g/mol. The molecule has 0 atom stereocenters. The standard InChI is InChI=1S/C18H18N2O4S/c1-21-14-7-5-4-6-13(14)11-25-18-20-19-17(24-18)12-8-9-15(22-2)16(10-12)23-3/h4-10H,11H2,1-3H3. The van der Waals surface area contributed by atoms with E-state index in [1.807, 2.05) is 30.3 Å². The second kappa shape index (κ2) is 7.94. The highest BCUT2D eigenvalue weighted by Gasteiger charge is 2.13. The molecule has 0 unspecified atom stereocenters. The number of nitrogens with zero attached hydrogens (tertiary/aromatic N) is 2. The number of para-hydroxylation sites is 1. The van der Waals surface area contributed by atoms with E-state index in [-0.39, 0.29) is 0 Å². The molecule has 0 spiro atoms. The number of thioether (sulfide) groups is 1. The maximum absolute atomic E-state index is 5.74. The Labute approximate surface area is 150 Å². The van der Waals surface area contributed by atoms with E-state index >= 15 is 0 Å². The highest BCUT2D eigenvalue weighted by Crippen LogP contribution is 2.33. The van der Waals surface area contributed by atoms with E-state index in [0.29, 0.717) is 28.4 Å². The normalized spacial score (nSPS) is 10.5. The van der Waals surface area contributed by atoms with Crippen LogP contribution in [-0.4, -0.2) is 31.5 Å². The molecular formula is C18H18N2O4S. The van der Waals surface area contributed by atoms with Gasteiger partial charge in [-0.2, -0.15) is 0 Å². The molecule has 2 aromatic carbocycles. The summed E-state index contributed by atoms with van der Waals surface area (Å²) >= 11 is 1.46. The Bertz CT molecular complexity index is 851. The van der Waals surface area contributed by atoms with E-state index in [9.17, 15) is 0 Å². The number of ether oxygens (including phenoxy) is 3. The zero-order chi connectivity index (χ0) is 17.6. The SMILES string of the molecule is COc1ccccc1CSc1nnc(-c2ccc(OC)c(OC)c2)o1. The van der Waals surface area contributed by atoms with Crippen LogP contribution in [0.3, 0.4) is 0 Å². The average Bonchev–Trinajstić information content (AvgIpc) is 3.15.